The number of hydrogen-bond acceptors (Lipinski definition) is 10. The van der Waals surface area contributed by atoms with Crippen LogP contribution in [0.1, 0.15) is 0 Å². The van der Waals surface area contributed by atoms with Gasteiger partial charge in [0.25, 0.3) is 13.4 Å². The predicted molar refractivity (Wildman–Crippen MR) is 465 cm³/mol. The monoisotopic (exact) mass is 1430 g/mol. The number of aromatic nitrogens is 2. The Morgan fingerprint density at radius 2 is 0.598 bits per heavy atom. The van der Waals surface area contributed by atoms with Gasteiger partial charge in [0, 0.05) is 113 Å². The molecule has 0 spiro atoms. The van der Waals surface area contributed by atoms with Crippen LogP contribution in [0.5, 0.6) is 0 Å². The molecule has 0 radical (unpaired) electrons. The van der Waals surface area contributed by atoms with Gasteiger partial charge in [-0.25, -0.2) is 0 Å². The summed E-state index contributed by atoms with van der Waals surface area (Å²) in [5.41, 5.74) is 32.3. The molecule has 0 unspecified atom stereocenters. The molecule has 0 bridgehead atoms. The largest absolute Gasteiger partial charge is 0.454 e. The molecule has 522 valence electrons. The third-order valence-electron chi connectivity index (χ3n) is 23.0. The Kier molecular flexibility index (Phi) is 14.3. The van der Waals surface area contributed by atoms with Crippen molar-refractivity contribution in [3.05, 3.63) is 389 Å². The van der Waals surface area contributed by atoms with E-state index in [9.17, 15) is 0 Å². The van der Waals surface area contributed by atoms with Gasteiger partial charge in [-0.2, -0.15) is 0 Å². The van der Waals surface area contributed by atoms with E-state index < -0.39 is 0 Å². The van der Waals surface area contributed by atoms with Gasteiger partial charge in [0.2, 0.25) is 0 Å². The normalized spacial score (nSPS) is 12.9. The fourth-order valence-corrected chi connectivity index (χ4v) is 18.5. The zero-order valence-corrected chi connectivity index (χ0v) is 60.5. The van der Waals surface area contributed by atoms with Gasteiger partial charge in [0.1, 0.15) is 11.2 Å². The molecule has 0 fully saturated rings. The summed E-state index contributed by atoms with van der Waals surface area (Å²) in [5.74, 6) is 0. The number of para-hydroxylation sites is 12. The lowest BCUT2D eigenvalue weighted by Gasteiger charge is -2.47. The fraction of sp³-hybridized carbons (Fsp3) is 0. The second-order valence-electron chi connectivity index (χ2n) is 29.1. The highest BCUT2D eigenvalue weighted by atomic mass is 16.3. The number of rotatable bonds is 12. The second-order valence-corrected chi connectivity index (χ2v) is 29.1. The Morgan fingerprint density at radius 3 is 1.04 bits per heavy atom. The lowest BCUT2D eigenvalue weighted by molar-refractivity contribution is 0.669. The Hall–Kier alpha value is -14.9. The maximum Gasteiger partial charge on any atom is 0.252 e. The SMILES string of the molecule is c1ccc(N(c2cc3c4c(c2)N(c2cccc5c2oc2ccccc25)c2ccccc2B4c2cc4c(cc2N3c2ccccc2)N(c2ccccc2)c2cc(N(c3ccccc3)c3ccccc3-c3ccccn3)cc3c2B4c2ccccc2N3c2cccc3c2oc2ccccc23)c2ccccc2-c2ccccn2)cc1. The number of pyridine rings is 2. The third-order valence-corrected chi connectivity index (χ3v) is 23.0. The van der Waals surface area contributed by atoms with Crippen LogP contribution in [0.3, 0.4) is 0 Å². The second kappa shape index (κ2) is 25.4. The maximum absolute atomic E-state index is 7.17. The molecule has 12 heteroatoms. The Morgan fingerprint density at radius 1 is 0.241 bits per heavy atom. The van der Waals surface area contributed by atoms with E-state index in [1.807, 2.05) is 24.5 Å². The van der Waals surface area contributed by atoms with Crippen LogP contribution in [0, 0.1) is 0 Å². The zero-order chi connectivity index (χ0) is 73.5. The van der Waals surface area contributed by atoms with E-state index >= 15 is 0 Å². The van der Waals surface area contributed by atoms with Gasteiger partial charge in [0.15, 0.2) is 11.2 Å². The van der Waals surface area contributed by atoms with Crippen molar-refractivity contribution in [1.29, 1.82) is 0 Å². The molecular formula is C100H64B2N8O2. The van der Waals surface area contributed by atoms with E-state index in [0.717, 1.165) is 169 Å². The minimum absolute atomic E-state index is 0.305. The maximum atomic E-state index is 7.17. The van der Waals surface area contributed by atoms with Crippen LogP contribution in [0.4, 0.5) is 102 Å². The van der Waals surface area contributed by atoms with Gasteiger partial charge < -0.3 is 38.2 Å². The molecular weight excluding hydrogens is 1370 g/mol. The first-order valence-corrected chi connectivity index (χ1v) is 38.2. The van der Waals surface area contributed by atoms with Crippen molar-refractivity contribution < 1.29 is 8.83 Å². The molecule has 0 amide bonds. The first-order valence-electron chi connectivity index (χ1n) is 38.2. The molecule has 112 heavy (non-hydrogen) atoms. The number of nitrogens with zero attached hydrogens (tertiary/aromatic N) is 8. The van der Waals surface area contributed by atoms with Crippen LogP contribution in [0.15, 0.2) is 397 Å². The molecule has 8 heterocycles. The van der Waals surface area contributed by atoms with Gasteiger partial charge in [-0.1, -0.05) is 224 Å². The van der Waals surface area contributed by atoms with Crippen molar-refractivity contribution in [2.75, 3.05) is 29.4 Å². The molecule has 4 aliphatic heterocycles. The van der Waals surface area contributed by atoms with Gasteiger partial charge in [0.05, 0.1) is 45.5 Å². The van der Waals surface area contributed by atoms with Crippen LogP contribution in [0.2, 0.25) is 0 Å². The van der Waals surface area contributed by atoms with E-state index in [2.05, 4.69) is 393 Å². The highest BCUT2D eigenvalue weighted by Crippen LogP contribution is 2.55. The predicted octanol–water partition coefficient (Wildman–Crippen LogP) is 22.7. The van der Waals surface area contributed by atoms with Crippen molar-refractivity contribution >= 4 is 192 Å². The molecule has 4 aliphatic rings. The standard InChI is InChI=1S/C100H64B2N8O2/c1-5-31-65(32-6-1)105(83-49-19-13-41-75(83)81-47-25-27-57-103-81)69-59-91-97-93(61-69)109(87-53-29-43-73-71-39-15-23-55-95(71)111-99(73)87)85-51-21-17-45-77(85)101(97)79-63-80-90(64-89(79)107(91)67-35-9-3-10-36-67)108(68-37-11-4-12-38-68)92-60-70(106(66-33-7-2-8-34-66)84-50-20-14-42-76(84)82-48-26-28-58-104-82)62-94-98(92)102(80)78-46-18-22-52-86(78)110(94)88-54-30-44-74-72-40-16-24-56-96(72)112-100(74)88/h1-64H. The van der Waals surface area contributed by atoms with Crippen LogP contribution in [0.25, 0.3) is 66.4 Å². The first kappa shape index (κ1) is 63.2. The highest BCUT2D eigenvalue weighted by molar-refractivity contribution is 7.03. The Balaban J connectivity index is 0.841. The summed E-state index contributed by atoms with van der Waals surface area (Å²) in [5, 5.41) is 4.23. The summed E-state index contributed by atoms with van der Waals surface area (Å²) in [7, 11) is 0. The van der Waals surface area contributed by atoms with Gasteiger partial charge in [-0.3, -0.25) is 9.97 Å². The number of furan rings is 2. The van der Waals surface area contributed by atoms with Gasteiger partial charge in [-0.05, 0) is 184 Å². The van der Waals surface area contributed by atoms with Crippen LogP contribution < -0.4 is 62.2 Å². The first-order chi connectivity index (χ1) is 55.6. The number of benzene rings is 15. The van der Waals surface area contributed by atoms with Crippen molar-refractivity contribution in [1.82, 2.24) is 9.97 Å². The molecule has 23 rings (SSSR count). The van der Waals surface area contributed by atoms with Gasteiger partial charge in [-0.15, -0.1) is 0 Å². The minimum atomic E-state index is -0.305. The molecule has 0 atom stereocenters. The Bertz CT molecular complexity index is 6550. The molecule has 0 saturated carbocycles. The molecule has 0 aliphatic carbocycles. The van der Waals surface area contributed by atoms with E-state index in [0.29, 0.717) is 0 Å². The number of fused-ring (bicyclic) bond motifs is 14. The lowest BCUT2D eigenvalue weighted by atomic mass is 9.30. The summed E-state index contributed by atoms with van der Waals surface area (Å²) in [6, 6.07) is 137. The summed E-state index contributed by atoms with van der Waals surface area (Å²) in [6.07, 6.45) is 3.77. The molecule has 0 N–H and O–H groups in total. The lowest BCUT2D eigenvalue weighted by Crippen LogP contribution is -2.65. The zero-order valence-electron chi connectivity index (χ0n) is 60.5. The van der Waals surface area contributed by atoms with Crippen LogP contribution >= 0.6 is 0 Å². The van der Waals surface area contributed by atoms with Crippen molar-refractivity contribution in [3.8, 4) is 22.5 Å². The van der Waals surface area contributed by atoms with Gasteiger partial charge >= 0.3 is 0 Å². The summed E-state index contributed by atoms with van der Waals surface area (Å²) in [6.45, 7) is -0.610. The number of anilines is 18. The van der Waals surface area contributed by atoms with E-state index in [1.54, 1.807) is 0 Å². The van der Waals surface area contributed by atoms with E-state index in [4.69, 9.17) is 18.8 Å². The highest BCUT2D eigenvalue weighted by Gasteiger charge is 2.50. The van der Waals surface area contributed by atoms with Crippen molar-refractivity contribution in [2.24, 2.45) is 0 Å². The smallest absolute Gasteiger partial charge is 0.252 e. The Labute approximate surface area is 647 Å². The molecule has 4 aromatic heterocycles. The minimum Gasteiger partial charge on any atom is -0.454 e. The van der Waals surface area contributed by atoms with Crippen molar-refractivity contribution in [2.45, 2.75) is 0 Å². The van der Waals surface area contributed by atoms with E-state index in [1.165, 1.54) is 32.8 Å². The quantitative estimate of drug-likeness (QED) is 0.110. The van der Waals surface area contributed by atoms with Crippen LogP contribution in [-0.4, -0.2) is 23.4 Å². The molecule has 19 aromatic rings. The summed E-state index contributed by atoms with van der Waals surface area (Å²) >= 11 is 0. The summed E-state index contributed by atoms with van der Waals surface area (Å²) in [4.78, 5) is 25.0. The number of hydrogen-bond donors (Lipinski definition) is 0. The average molecular weight is 1430 g/mol. The molecule has 15 aromatic carbocycles. The van der Waals surface area contributed by atoms with Crippen LogP contribution in [-0.2, 0) is 0 Å². The molecule has 10 nitrogen and oxygen atoms in total. The fourth-order valence-electron chi connectivity index (χ4n) is 18.5. The third kappa shape index (κ3) is 9.68. The topological polar surface area (TPSA) is 71.5 Å². The van der Waals surface area contributed by atoms with E-state index in [-0.39, 0.29) is 13.4 Å². The van der Waals surface area contributed by atoms with Crippen molar-refractivity contribution in [3.63, 3.8) is 0 Å². The average Bonchev–Trinajstić information content (AvgIpc) is 0.709. The molecule has 0 saturated heterocycles. The summed E-state index contributed by atoms with van der Waals surface area (Å²) < 4.78 is 14.3.